The second-order valence-electron chi connectivity index (χ2n) is 12.4. The van der Waals surface area contributed by atoms with Crippen molar-refractivity contribution in [3.8, 4) is 17.2 Å². The molecule has 0 aliphatic carbocycles. The maximum atomic E-state index is 14.0. The molecule has 1 aromatic heterocycles. The highest BCUT2D eigenvalue weighted by molar-refractivity contribution is 7.89. The summed E-state index contributed by atoms with van der Waals surface area (Å²) in [5.74, 6) is -2.67. The summed E-state index contributed by atoms with van der Waals surface area (Å²) in [4.78, 5) is 65.3. The van der Waals surface area contributed by atoms with Gasteiger partial charge in [0.05, 0.1) is 37.8 Å². The van der Waals surface area contributed by atoms with Crippen molar-refractivity contribution in [2.75, 3.05) is 47.0 Å². The Morgan fingerprint density at radius 1 is 0.870 bits per heavy atom. The van der Waals surface area contributed by atoms with Crippen LogP contribution in [0.3, 0.4) is 0 Å². The number of ether oxygens (including phenoxy) is 3. The quantitative estimate of drug-likeness (QED) is 0.200. The Morgan fingerprint density at radius 2 is 1.57 bits per heavy atom. The molecule has 54 heavy (non-hydrogen) atoms. The molecule has 2 aliphatic heterocycles. The highest BCUT2D eigenvalue weighted by Gasteiger charge is 2.30. The molecule has 0 saturated heterocycles. The molecule has 0 spiro atoms. The van der Waals surface area contributed by atoms with Crippen molar-refractivity contribution in [3.05, 3.63) is 82.3 Å². The Bertz CT molecular complexity index is 2160. The number of oxazole rings is 1. The lowest BCUT2D eigenvalue weighted by Gasteiger charge is -2.24. The molecule has 2 aliphatic rings. The lowest BCUT2D eigenvalue weighted by molar-refractivity contribution is -0.129. The second-order valence-corrected chi connectivity index (χ2v) is 14.3. The van der Waals surface area contributed by atoms with Crippen LogP contribution in [0, 0.1) is 0 Å². The van der Waals surface area contributed by atoms with Gasteiger partial charge >= 0.3 is 5.76 Å². The normalized spacial score (nSPS) is 18.7. The fraction of sp³-hybridized carbons (Fsp3) is 0.361. The molecule has 4 aromatic rings. The molecular weight excluding hydrogens is 724 g/mol. The van der Waals surface area contributed by atoms with Crippen molar-refractivity contribution in [1.82, 2.24) is 30.1 Å². The van der Waals surface area contributed by atoms with Gasteiger partial charge in [-0.3, -0.25) is 23.7 Å². The standard InChI is InChI=1S/C36H42N6O11S/c1-22-33(44)40-26(17-23-9-6-5-7-10-23)35(46)38-14-15-42(54(48,49)25-11-12-27-28(20-25)53-36(47)41(27)2)21-31(43)37-13-8-16-52-32-29(50-3)18-24(34(45)39-22)19-30(32)51-4/h5-7,9-12,18-20,22,26H,8,13-17,21H2,1-4H3,(H,37,43)(H,38,46)(H,39,45)(H,40,44)/t22-,26+/m0/s1. The average Bonchev–Trinajstić information content (AvgIpc) is 3.45. The van der Waals surface area contributed by atoms with Gasteiger partial charge < -0.3 is 39.9 Å². The van der Waals surface area contributed by atoms with E-state index in [0.29, 0.717) is 11.9 Å². The number of nitrogens with one attached hydrogen (secondary N) is 4. The number of sulfonamides is 1. The topological polar surface area (TPSA) is 217 Å². The highest BCUT2D eigenvalue weighted by atomic mass is 32.2. The monoisotopic (exact) mass is 766 g/mol. The lowest BCUT2D eigenvalue weighted by Crippen LogP contribution is -2.54. The molecule has 6 rings (SSSR count). The summed E-state index contributed by atoms with van der Waals surface area (Å²) < 4.78 is 52.1. The number of methoxy groups -OCH3 is 2. The molecule has 0 saturated carbocycles. The number of amides is 4. The zero-order valence-electron chi connectivity index (χ0n) is 30.2. The van der Waals surface area contributed by atoms with E-state index in [-0.39, 0.29) is 66.0 Å². The first-order valence-corrected chi connectivity index (χ1v) is 18.4. The molecule has 4 N–H and O–H groups in total. The first-order chi connectivity index (χ1) is 25.8. The van der Waals surface area contributed by atoms with E-state index >= 15 is 0 Å². The van der Waals surface area contributed by atoms with Crippen LogP contribution < -0.4 is 41.2 Å². The molecule has 0 unspecified atom stereocenters. The summed E-state index contributed by atoms with van der Waals surface area (Å²) in [6.07, 6.45) is 0.365. The largest absolute Gasteiger partial charge is 0.493 e. The SMILES string of the molecule is COc1cc2cc(OC)c1OCCCNC(=O)CN(S(=O)(=O)c1ccc3c(c1)oc(=O)n3C)CCNC(=O)[C@@H](Cc1ccccc1)NC(=O)[C@H](C)NC2=O. The van der Waals surface area contributed by atoms with Crippen LogP contribution in [-0.4, -0.2) is 100 Å². The molecule has 3 aromatic carbocycles. The maximum Gasteiger partial charge on any atom is 0.419 e. The van der Waals surface area contributed by atoms with E-state index in [1.54, 1.807) is 30.3 Å². The molecule has 2 bridgehead atoms. The van der Waals surface area contributed by atoms with Crippen LogP contribution in [0.4, 0.5) is 0 Å². The Kier molecular flexibility index (Phi) is 12.6. The molecular formula is C36H42N6O11S. The predicted octanol–water partition coefficient (Wildman–Crippen LogP) is 0.700. The van der Waals surface area contributed by atoms with E-state index in [2.05, 4.69) is 21.3 Å². The summed E-state index contributed by atoms with van der Waals surface area (Å²) in [5.41, 5.74) is 1.25. The second kappa shape index (κ2) is 17.3. The van der Waals surface area contributed by atoms with Crippen LogP contribution in [0.15, 0.2) is 74.8 Å². The van der Waals surface area contributed by atoms with Crippen molar-refractivity contribution in [2.24, 2.45) is 7.05 Å². The maximum absolute atomic E-state index is 14.0. The van der Waals surface area contributed by atoms with Crippen LogP contribution in [-0.2, 0) is 37.9 Å². The van der Waals surface area contributed by atoms with Crippen molar-refractivity contribution in [3.63, 3.8) is 0 Å². The number of rotatable bonds is 6. The van der Waals surface area contributed by atoms with E-state index in [1.807, 2.05) is 0 Å². The van der Waals surface area contributed by atoms with Gasteiger partial charge in [-0.25, -0.2) is 13.2 Å². The van der Waals surface area contributed by atoms with Gasteiger partial charge in [-0.05, 0) is 43.2 Å². The van der Waals surface area contributed by atoms with E-state index in [1.165, 1.54) is 63.1 Å². The summed E-state index contributed by atoms with van der Waals surface area (Å²) in [6.45, 7) is 0.454. The van der Waals surface area contributed by atoms with Gasteiger partial charge in [0.25, 0.3) is 5.91 Å². The molecule has 18 heteroatoms. The average molecular weight is 767 g/mol. The summed E-state index contributed by atoms with van der Waals surface area (Å²) >= 11 is 0. The van der Waals surface area contributed by atoms with Gasteiger partial charge in [0.2, 0.25) is 33.5 Å². The van der Waals surface area contributed by atoms with Gasteiger partial charge in [0.15, 0.2) is 17.1 Å². The van der Waals surface area contributed by atoms with Crippen molar-refractivity contribution in [1.29, 1.82) is 0 Å². The smallest absolute Gasteiger partial charge is 0.419 e. The third-order valence-electron chi connectivity index (χ3n) is 8.65. The predicted molar refractivity (Wildman–Crippen MR) is 195 cm³/mol. The number of hydrogen-bond acceptors (Lipinski definition) is 11. The first-order valence-electron chi connectivity index (χ1n) is 17.0. The Balaban J connectivity index is 1.45. The summed E-state index contributed by atoms with van der Waals surface area (Å²) in [6, 6.07) is 13.4. The first kappa shape index (κ1) is 39.3. The number of benzene rings is 3. The van der Waals surface area contributed by atoms with Crippen molar-refractivity contribution < 1.29 is 46.2 Å². The Morgan fingerprint density at radius 3 is 2.26 bits per heavy atom. The minimum Gasteiger partial charge on any atom is -0.493 e. The van der Waals surface area contributed by atoms with E-state index in [0.717, 1.165) is 9.87 Å². The minimum absolute atomic E-state index is 0.0359. The zero-order valence-corrected chi connectivity index (χ0v) is 31.0. The van der Waals surface area contributed by atoms with Crippen molar-refractivity contribution in [2.45, 2.75) is 36.7 Å². The van der Waals surface area contributed by atoms with Crippen LogP contribution in [0.2, 0.25) is 0 Å². The number of nitrogens with zero attached hydrogens (tertiary/aromatic N) is 2. The van der Waals surface area contributed by atoms with Crippen LogP contribution in [0.1, 0.15) is 29.3 Å². The third-order valence-corrected chi connectivity index (χ3v) is 10.5. The lowest BCUT2D eigenvalue weighted by atomic mass is 10.0. The van der Waals surface area contributed by atoms with Gasteiger partial charge in [0.1, 0.15) is 12.1 Å². The van der Waals surface area contributed by atoms with E-state index in [4.69, 9.17) is 18.6 Å². The number of hydrogen-bond donors (Lipinski definition) is 4. The molecule has 288 valence electrons. The van der Waals surface area contributed by atoms with Crippen LogP contribution >= 0.6 is 0 Å². The summed E-state index contributed by atoms with van der Waals surface area (Å²) in [5, 5.41) is 10.7. The Hall–Kier alpha value is -5.88. The fourth-order valence-corrected chi connectivity index (χ4v) is 7.09. The van der Waals surface area contributed by atoms with Gasteiger partial charge in [-0.15, -0.1) is 0 Å². The number of carbonyl (C=O) groups excluding carboxylic acids is 4. The number of carbonyl (C=O) groups is 4. The van der Waals surface area contributed by atoms with Crippen LogP contribution in [0.5, 0.6) is 17.2 Å². The number of aryl methyl sites for hydroxylation is 1. The number of aromatic nitrogens is 1. The molecule has 4 amide bonds. The zero-order chi connectivity index (χ0) is 39.0. The molecule has 17 nitrogen and oxygen atoms in total. The fourth-order valence-electron chi connectivity index (χ4n) is 5.68. The van der Waals surface area contributed by atoms with Crippen molar-refractivity contribution >= 4 is 44.8 Å². The van der Waals surface area contributed by atoms with Gasteiger partial charge in [-0.2, -0.15) is 4.31 Å². The van der Waals surface area contributed by atoms with Gasteiger partial charge in [0, 0.05) is 44.7 Å². The van der Waals surface area contributed by atoms with Crippen LogP contribution in [0.25, 0.3) is 11.1 Å². The molecule has 0 fully saturated rings. The van der Waals surface area contributed by atoms with E-state index in [9.17, 15) is 32.4 Å². The molecule has 0 radical (unpaired) electrons. The molecule has 3 heterocycles. The van der Waals surface area contributed by atoms with Gasteiger partial charge in [-0.1, -0.05) is 30.3 Å². The van der Waals surface area contributed by atoms with E-state index < -0.39 is 58.0 Å². The highest BCUT2D eigenvalue weighted by Crippen LogP contribution is 2.38. The Labute approximate surface area is 311 Å². The third kappa shape index (κ3) is 9.18. The summed E-state index contributed by atoms with van der Waals surface area (Å²) in [7, 11) is -0.142. The number of fused-ring (bicyclic) bond motifs is 20. The molecule has 2 atom stereocenters. The minimum atomic E-state index is -4.39.